The van der Waals surface area contributed by atoms with Gasteiger partial charge in [-0.15, -0.1) is 0 Å². The van der Waals surface area contributed by atoms with Gasteiger partial charge in [0.15, 0.2) is 0 Å². The highest BCUT2D eigenvalue weighted by Gasteiger charge is 2.08. The highest BCUT2D eigenvalue weighted by molar-refractivity contribution is 5.78. The van der Waals surface area contributed by atoms with Gasteiger partial charge in [0, 0.05) is 6.54 Å². The predicted octanol–water partition coefficient (Wildman–Crippen LogP) is 1.91. The van der Waals surface area contributed by atoms with Crippen LogP contribution >= 0.6 is 0 Å². The largest absolute Gasteiger partial charge is 0.491 e. The number of aliphatic hydroxyl groups is 1. The van der Waals surface area contributed by atoms with Crippen LogP contribution in [0.1, 0.15) is 0 Å². The zero-order valence-corrected chi connectivity index (χ0v) is 12.7. The maximum atomic E-state index is 12.8. The van der Waals surface area contributed by atoms with Gasteiger partial charge >= 0.3 is 0 Å². The van der Waals surface area contributed by atoms with Crippen LogP contribution in [0, 0.1) is 5.82 Å². The number of nitrogens with zero attached hydrogens (tertiary/aromatic N) is 1. The maximum Gasteiger partial charge on any atom is 0.260 e. The van der Waals surface area contributed by atoms with Crippen molar-refractivity contribution in [2.24, 2.45) is 0 Å². The van der Waals surface area contributed by atoms with Gasteiger partial charge in [0.2, 0.25) is 5.95 Å². The van der Waals surface area contributed by atoms with Crippen molar-refractivity contribution in [1.29, 1.82) is 0 Å². The molecule has 0 saturated carbocycles. The second-order valence-electron chi connectivity index (χ2n) is 5.23. The van der Waals surface area contributed by atoms with Crippen LogP contribution in [0.5, 0.6) is 5.75 Å². The van der Waals surface area contributed by atoms with Gasteiger partial charge in [-0.25, -0.2) is 9.37 Å². The molecule has 0 amide bonds. The van der Waals surface area contributed by atoms with Gasteiger partial charge in [0.05, 0.1) is 10.9 Å². The summed E-state index contributed by atoms with van der Waals surface area (Å²) in [5.74, 6) is 0.392. The first-order valence-corrected chi connectivity index (χ1v) is 7.41. The second-order valence-corrected chi connectivity index (χ2v) is 5.23. The number of benzene rings is 2. The van der Waals surface area contributed by atoms with E-state index in [0.29, 0.717) is 16.7 Å². The summed E-state index contributed by atoms with van der Waals surface area (Å²) in [6, 6.07) is 12.5. The zero-order chi connectivity index (χ0) is 16.9. The Kier molecular flexibility index (Phi) is 4.72. The molecule has 3 rings (SSSR count). The lowest BCUT2D eigenvalue weighted by molar-refractivity contribution is 0.117. The van der Waals surface area contributed by atoms with Crippen molar-refractivity contribution in [1.82, 2.24) is 9.97 Å². The topological polar surface area (TPSA) is 87.2 Å². The Bertz CT molecular complexity index is 880. The van der Waals surface area contributed by atoms with E-state index in [9.17, 15) is 14.3 Å². The van der Waals surface area contributed by atoms with Crippen molar-refractivity contribution in [2.45, 2.75) is 6.10 Å². The van der Waals surface area contributed by atoms with E-state index in [-0.39, 0.29) is 30.5 Å². The number of ether oxygens (including phenoxy) is 1. The Morgan fingerprint density at radius 3 is 2.75 bits per heavy atom. The van der Waals surface area contributed by atoms with E-state index < -0.39 is 6.10 Å². The van der Waals surface area contributed by atoms with Crippen LogP contribution in [0.3, 0.4) is 0 Å². The molecule has 1 atom stereocenters. The average Bonchev–Trinajstić information content (AvgIpc) is 2.59. The van der Waals surface area contributed by atoms with Crippen LogP contribution in [0.4, 0.5) is 10.3 Å². The van der Waals surface area contributed by atoms with E-state index in [2.05, 4.69) is 15.3 Å². The highest BCUT2D eigenvalue weighted by atomic mass is 19.1. The molecule has 1 unspecified atom stereocenters. The summed E-state index contributed by atoms with van der Waals surface area (Å²) in [4.78, 5) is 18.8. The van der Waals surface area contributed by atoms with Gasteiger partial charge in [-0.2, -0.15) is 0 Å². The molecule has 3 N–H and O–H groups in total. The zero-order valence-electron chi connectivity index (χ0n) is 12.7. The van der Waals surface area contributed by atoms with Gasteiger partial charge in [0.1, 0.15) is 24.3 Å². The van der Waals surface area contributed by atoms with E-state index >= 15 is 0 Å². The summed E-state index contributed by atoms with van der Waals surface area (Å²) in [5, 5.41) is 13.3. The number of halogens is 1. The summed E-state index contributed by atoms with van der Waals surface area (Å²) in [5.41, 5.74) is 0.320. The molecule has 0 spiro atoms. The molecule has 24 heavy (non-hydrogen) atoms. The van der Waals surface area contributed by atoms with Gasteiger partial charge in [-0.3, -0.25) is 9.78 Å². The summed E-state index contributed by atoms with van der Waals surface area (Å²) < 4.78 is 18.1. The third kappa shape index (κ3) is 3.88. The minimum absolute atomic E-state index is 0.0243. The number of aromatic nitrogens is 2. The fraction of sp³-hybridized carbons (Fsp3) is 0.176. The second kappa shape index (κ2) is 7.10. The molecule has 0 bridgehead atoms. The normalized spacial score (nSPS) is 12.1. The standard InChI is InChI=1S/C17H16FN3O3/c18-11-5-7-13(8-6-11)24-10-12(22)9-19-17-20-15-4-2-1-3-14(15)16(23)21-17/h1-8,12,22H,9-10H2,(H2,19,20,21,23). The van der Waals surface area contributed by atoms with Crippen LogP contribution in [0.25, 0.3) is 10.9 Å². The minimum Gasteiger partial charge on any atom is -0.491 e. The minimum atomic E-state index is -0.827. The average molecular weight is 329 g/mol. The number of para-hydroxylation sites is 1. The van der Waals surface area contributed by atoms with Crippen molar-refractivity contribution in [3.8, 4) is 5.75 Å². The number of anilines is 1. The van der Waals surface area contributed by atoms with Crippen LogP contribution in [0.15, 0.2) is 53.3 Å². The molecule has 0 radical (unpaired) electrons. The maximum absolute atomic E-state index is 12.8. The first-order chi connectivity index (χ1) is 11.6. The first-order valence-electron chi connectivity index (χ1n) is 7.41. The molecule has 6 nitrogen and oxygen atoms in total. The molecule has 1 aromatic heterocycles. The lowest BCUT2D eigenvalue weighted by atomic mass is 10.2. The summed E-state index contributed by atoms with van der Waals surface area (Å²) >= 11 is 0. The fourth-order valence-corrected chi connectivity index (χ4v) is 2.17. The smallest absolute Gasteiger partial charge is 0.260 e. The van der Waals surface area contributed by atoms with Crippen LogP contribution in [-0.2, 0) is 0 Å². The van der Waals surface area contributed by atoms with Gasteiger partial charge in [-0.1, -0.05) is 12.1 Å². The number of aromatic amines is 1. The summed E-state index contributed by atoms with van der Waals surface area (Å²) in [6.45, 7) is 0.166. The molecule has 0 fully saturated rings. The molecule has 1 heterocycles. The number of H-pyrrole nitrogens is 1. The molecule has 0 aliphatic heterocycles. The Morgan fingerprint density at radius 1 is 1.21 bits per heavy atom. The van der Waals surface area contributed by atoms with Gasteiger partial charge in [-0.05, 0) is 36.4 Å². The molecule has 124 valence electrons. The van der Waals surface area contributed by atoms with Crippen molar-refractivity contribution < 1.29 is 14.2 Å². The number of rotatable bonds is 6. The Balaban J connectivity index is 1.57. The number of nitrogens with one attached hydrogen (secondary N) is 2. The van der Waals surface area contributed by atoms with E-state index in [1.54, 1.807) is 24.3 Å². The first kappa shape index (κ1) is 15.9. The Hall–Kier alpha value is -2.93. The van der Waals surface area contributed by atoms with Crippen molar-refractivity contribution in [2.75, 3.05) is 18.5 Å². The summed E-state index contributed by atoms with van der Waals surface area (Å²) in [7, 11) is 0. The molecule has 7 heteroatoms. The number of hydrogen-bond acceptors (Lipinski definition) is 5. The number of hydrogen-bond donors (Lipinski definition) is 3. The van der Waals surface area contributed by atoms with E-state index in [1.807, 2.05) is 0 Å². The lowest BCUT2D eigenvalue weighted by Crippen LogP contribution is -2.27. The van der Waals surface area contributed by atoms with E-state index in [4.69, 9.17) is 4.74 Å². The molecule has 0 aliphatic rings. The van der Waals surface area contributed by atoms with Crippen LogP contribution in [-0.4, -0.2) is 34.3 Å². The third-order valence-electron chi connectivity index (χ3n) is 3.37. The molecule has 2 aromatic carbocycles. The van der Waals surface area contributed by atoms with Crippen LogP contribution in [0.2, 0.25) is 0 Å². The molecule has 3 aromatic rings. The number of aliphatic hydroxyl groups excluding tert-OH is 1. The quantitative estimate of drug-likeness (QED) is 0.643. The van der Waals surface area contributed by atoms with Crippen molar-refractivity contribution >= 4 is 16.9 Å². The highest BCUT2D eigenvalue weighted by Crippen LogP contribution is 2.11. The summed E-state index contributed by atoms with van der Waals surface area (Å²) in [6.07, 6.45) is -0.827. The number of fused-ring (bicyclic) bond motifs is 1. The van der Waals surface area contributed by atoms with Crippen molar-refractivity contribution in [3.63, 3.8) is 0 Å². The molecular formula is C17H16FN3O3. The fourth-order valence-electron chi connectivity index (χ4n) is 2.17. The SMILES string of the molecule is O=c1[nH]c(NCC(O)COc2ccc(F)cc2)nc2ccccc12. The van der Waals surface area contributed by atoms with Crippen LogP contribution < -0.4 is 15.6 Å². The van der Waals surface area contributed by atoms with Gasteiger partial charge < -0.3 is 15.2 Å². The lowest BCUT2D eigenvalue weighted by Gasteiger charge is -2.13. The predicted molar refractivity (Wildman–Crippen MR) is 88.8 cm³/mol. The molecular weight excluding hydrogens is 313 g/mol. The van der Waals surface area contributed by atoms with Gasteiger partial charge in [0.25, 0.3) is 5.56 Å². The third-order valence-corrected chi connectivity index (χ3v) is 3.37. The molecule has 0 saturated heterocycles. The monoisotopic (exact) mass is 329 g/mol. The van der Waals surface area contributed by atoms with E-state index in [0.717, 1.165) is 0 Å². The van der Waals surface area contributed by atoms with Crippen molar-refractivity contribution in [3.05, 3.63) is 64.7 Å². The Morgan fingerprint density at radius 2 is 1.96 bits per heavy atom. The molecule has 0 aliphatic carbocycles. The van der Waals surface area contributed by atoms with E-state index in [1.165, 1.54) is 24.3 Å². The Labute approximate surface area is 136 Å².